The van der Waals surface area contributed by atoms with Crippen molar-refractivity contribution in [1.82, 2.24) is 0 Å². The van der Waals surface area contributed by atoms with E-state index in [1.54, 1.807) is 0 Å². The summed E-state index contributed by atoms with van der Waals surface area (Å²) in [6, 6.07) is 0. The van der Waals surface area contributed by atoms with E-state index in [2.05, 4.69) is 106 Å². The summed E-state index contributed by atoms with van der Waals surface area (Å²) in [6.45, 7) is 7.48. The van der Waals surface area contributed by atoms with E-state index in [9.17, 15) is 9.59 Å². The fraction of sp³-hybridized carbons (Fsp3) is 0.660. The topological polar surface area (TPSA) is 61.8 Å². The van der Waals surface area contributed by atoms with Crippen LogP contribution in [-0.4, -0.2) is 37.9 Å². The molecule has 0 amide bonds. The van der Waals surface area contributed by atoms with Crippen LogP contribution in [0.15, 0.2) is 85.1 Å². The predicted molar refractivity (Wildman–Crippen MR) is 223 cm³/mol. The molecular formula is C47H78O5. The van der Waals surface area contributed by atoms with Crippen LogP contribution in [0, 0.1) is 0 Å². The second-order valence-electron chi connectivity index (χ2n) is 13.5. The molecule has 52 heavy (non-hydrogen) atoms. The monoisotopic (exact) mass is 723 g/mol. The maximum absolute atomic E-state index is 12.6. The van der Waals surface area contributed by atoms with E-state index in [0.29, 0.717) is 19.4 Å². The SMILES string of the molecule is CC/C=C\C/C=C\C/C=C\C/C=C\CCCCCCC(=O)OCC(COCCCCCCCC)OC(=O)CCCCC/C=C\C/C=C\C/C=C\CC. The van der Waals surface area contributed by atoms with E-state index in [0.717, 1.165) is 116 Å². The summed E-state index contributed by atoms with van der Waals surface area (Å²) >= 11 is 0. The molecule has 0 aromatic heterocycles. The van der Waals surface area contributed by atoms with Crippen molar-refractivity contribution in [2.24, 2.45) is 0 Å². The molecule has 0 aromatic rings. The minimum absolute atomic E-state index is 0.0566. The van der Waals surface area contributed by atoms with E-state index in [1.807, 2.05) is 0 Å². The van der Waals surface area contributed by atoms with Crippen molar-refractivity contribution < 1.29 is 23.8 Å². The maximum atomic E-state index is 12.6. The highest BCUT2D eigenvalue weighted by molar-refractivity contribution is 5.70. The molecule has 0 spiro atoms. The Bertz CT molecular complexity index is 999. The second-order valence-corrected chi connectivity index (χ2v) is 13.5. The van der Waals surface area contributed by atoms with E-state index in [1.165, 1.54) is 25.7 Å². The van der Waals surface area contributed by atoms with Gasteiger partial charge in [-0.3, -0.25) is 9.59 Å². The zero-order valence-electron chi connectivity index (χ0n) is 33.8. The van der Waals surface area contributed by atoms with Crippen molar-refractivity contribution >= 4 is 11.9 Å². The van der Waals surface area contributed by atoms with Gasteiger partial charge < -0.3 is 14.2 Å². The molecule has 0 saturated heterocycles. The Balaban J connectivity index is 4.24. The molecule has 5 nitrogen and oxygen atoms in total. The lowest BCUT2D eigenvalue weighted by atomic mass is 10.1. The lowest BCUT2D eigenvalue weighted by Gasteiger charge is -2.18. The number of esters is 2. The number of carbonyl (C=O) groups excluding carboxylic acids is 2. The summed E-state index contributed by atoms with van der Waals surface area (Å²) in [5, 5.41) is 0. The van der Waals surface area contributed by atoms with Crippen LogP contribution in [0.1, 0.15) is 175 Å². The van der Waals surface area contributed by atoms with E-state index in [-0.39, 0.29) is 25.2 Å². The molecule has 0 aliphatic rings. The van der Waals surface area contributed by atoms with Crippen LogP contribution in [0.25, 0.3) is 0 Å². The molecule has 0 bridgehead atoms. The van der Waals surface area contributed by atoms with Crippen LogP contribution in [-0.2, 0) is 23.8 Å². The Morgan fingerprint density at radius 3 is 1.40 bits per heavy atom. The second kappa shape index (κ2) is 42.5. The lowest BCUT2D eigenvalue weighted by Crippen LogP contribution is -2.30. The first-order chi connectivity index (χ1) is 25.6. The van der Waals surface area contributed by atoms with Gasteiger partial charge in [-0.15, -0.1) is 0 Å². The van der Waals surface area contributed by atoms with Crippen molar-refractivity contribution in [3.05, 3.63) is 85.1 Å². The van der Waals surface area contributed by atoms with Gasteiger partial charge >= 0.3 is 11.9 Å². The molecule has 0 aliphatic heterocycles. The molecule has 0 radical (unpaired) electrons. The zero-order valence-corrected chi connectivity index (χ0v) is 33.8. The molecular weight excluding hydrogens is 645 g/mol. The van der Waals surface area contributed by atoms with Crippen molar-refractivity contribution in [3.63, 3.8) is 0 Å². The Kier molecular flexibility index (Phi) is 40.1. The first-order valence-corrected chi connectivity index (χ1v) is 21.1. The average Bonchev–Trinajstić information content (AvgIpc) is 3.14. The Morgan fingerprint density at radius 1 is 0.442 bits per heavy atom. The lowest BCUT2D eigenvalue weighted by molar-refractivity contribution is -0.163. The summed E-state index contributed by atoms with van der Waals surface area (Å²) in [6.07, 6.45) is 54.4. The summed E-state index contributed by atoms with van der Waals surface area (Å²) in [5.74, 6) is -0.469. The van der Waals surface area contributed by atoms with Crippen LogP contribution in [0.3, 0.4) is 0 Å². The van der Waals surface area contributed by atoms with Crippen LogP contribution in [0.5, 0.6) is 0 Å². The first-order valence-electron chi connectivity index (χ1n) is 21.1. The highest BCUT2D eigenvalue weighted by Gasteiger charge is 2.17. The van der Waals surface area contributed by atoms with Gasteiger partial charge in [-0.1, -0.05) is 157 Å². The molecule has 1 unspecified atom stereocenters. The number of hydrogen-bond acceptors (Lipinski definition) is 5. The smallest absolute Gasteiger partial charge is 0.306 e. The summed E-state index contributed by atoms with van der Waals surface area (Å²) < 4.78 is 17.1. The van der Waals surface area contributed by atoms with Gasteiger partial charge in [0.1, 0.15) is 6.61 Å². The fourth-order valence-corrected chi connectivity index (χ4v) is 5.34. The van der Waals surface area contributed by atoms with Gasteiger partial charge in [-0.05, 0) is 89.9 Å². The molecule has 1 atom stereocenters. The molecule has 0 rings (SSSR count). The van der Waals surface area contributed by atoms with Gasteiger partial charge in [0.15, 0.2) is 6.10 Å². The third-order valence-corrected chi connectivity index (χ3v) is 8.43. The number of unbranched alkanes of at least 4 members (excludes halogenated alkanes) is 12. The third kappa shape index (κ3) is 39.9. The average molecular weight is 723 g/mol. The Hall–Kier alpha value is -2.92. The minimum atomic E-state index is -0.559. The molecule has 5 heteroatoms. The van der Waals surface area contributed by atoms with E-state index in [4.69, 9.17) is 14.2 Å². The zero-order chi connectivity index (χ0) is 37.8. The first kappa shape index (κ1) is 49.1. The number of hydrogen-bond donors (Lipinski definition) is 0. The van der Waals surface area contributed by atoms with E-state index < -0.39 is 6.10 Å². The van der Waals surface area contributed by atoms with Crippen LogP contribution >= 0.6 is 0 Å². The highest BCUT2D eigenvalue weighted by atomic mass is 16.6. The predicted octanol–water partition coefficient (Wildman–Crippen LogP) is 13.8. The van der Waals surface area contributed by atoms with Crippen LogP contribution < -0.4 is 0 Å². The van der Waals surface area contributed by atoms with Gasteiger partial charge in [-0.25, -0.2) is 0 Å². The number of rotatable bonds is 37. The van der Waals surface area contributed by atoms with E-state index >= 15 is 0 Å². The molecule has 0 heterocycles. The molecule has 0 aromatic carbocycles. The summed E-state index contributed by atoms with van der Waals surface area (Å²) in [5.41, 5.74) is 0. The van der Waals surface area contributed by atoms with Crippen molar-refractivity contribution in [2.45, 2.75) is 181 Å². The van der Waals surface area contributed by atoms with Gasteiger partial charge in [0.25, 0.3) is 0 Å². The Labute approximate surface area is 320 Å². The summed E-state index contributed by atoms with van der Waals surface area (Å²) in [4.78, 5) is 25.1. The highest BCUT2D eigenvalue weighted by Crippen LogP contribution is 2.11. The normalized spacial score (nSPS) is 13.1. The molecule has 0 fully saturated rings. The summed E-state index contributed by atoms with van der Waals surface area (Å²) in [7, 11) is 0. The largest absolute Gasteiger partial charge is 0.462 e. The van der Waals surface area contributed by atoms with Crippen molar-refractivity contribution in [3.8, 4) is 0 Å². The molecule has 0 aliphatic carbocycles. The number of carbonyl (C=O) groups is 2. The number of allylic oxidation sites excluding steroid dienone is 14. The van der Waals surface area contributed by atoms with Crippen molar-refractivity contribution in [1.29, 1.82) is 0 Å². The minimum Gasteiger partial charge on any atom is -0.462 e. The fourth-order valence-electron chi connectivity index (χ4n) is 5.34. The van der Waals surface area contributed by atoms with Gasteiger partial charge in [0.05, 0.1) is 6.61 Å². The molecule has 296 valence electrons. The standard InChI is InChI=1S/C47H78O5/c1-4-7-10-13-16-18-20-22-23-24-25-27-28-30-32-34-37-40-46(48)51-44-45(43-50-42-39-36-15-12-9-6-3)52-47(49)41-38-35-33-31-29-26-21-19-17-14-11-8-5-2/h7-8,10-11,16-19,22-23,25-27,29,45H,4-6,9,12-15,20-21,24,28,30-44H2,1-3H3/b10-7-,11-8-,18-16-,19-17-,23-22-,27-25-,29-26-. The Morgan fingerprint density at radius 2 is 0.865 bits per heavy atom. The third-order valence-electron chi connectivity index (χ3n) is 8.43. The van der Waals surface area contributed by atoms with Gasteiger partial charge in [0, 0.05) is 19.4 Å². The van der Waals surface area contributed by atoms with Crippen LogP contribution in [0.4, 0.5) is 0 Å². The molecule has 0 N–H and O–H groups in total. The van der Waals surface area contributed by atoms with Crippen molar-refractivity contribution in [2.75, 3.05) is 19.8 Å². The maximum Gasteiger partial charge on any atom is 0.306 e. The quantitative estimate of drug-likeness (QED) is 0.0363. The number of ether oxygens (including phenoxy) is 3. The van der Waals surface area contributed by atoms with Gasteiger partial charge in [0.2, 0.25) is 0 Å². The van der Waals surface area contributed by atoms with Gasteiger partial charge in [-0.2, -0.15) is 0 Å². The molecule has 0 saturated carbocycles. The van der Waals surface area contributed by atoms with Crippen LogP contribution in [0.2, 0.25) is 0 Å².